The van der Waals surface area contributed by atoms with Crippen LogP contribution in [0.3, 0.4) is 0 Å². The predicted octanol–water partition coefficient (Wildman–Crippen LogP) is 19.7. The minimum absolute atomic E-state index is 0.241. The first-order valence-electron chi connectivity index (χ1n) is 30.1. The van der Waals surface area contributed by atoms with Crippen molar-refractivity contribution < 1.29 is 10.0 Å². The van der Waals surface area contributed by atoms with Crippen molar-refractivity contribution in [2.24, 2.45) is 0 Å². The Morgan fingerprint density at radius 3 is 1.21 bits per heavy atom. The van der Waals surface area contributed by atoms with Crippen molar-refractivity contribution in [1.29, 1.82) is 5.26 Å². The predicted molar refractivity (Wildman–Crippen MR) is 378 cm³/mol. The van der Waals surface area contributed by atoms with Crippen molar-refractivity contribution in [2.75, 3.05) is 0 Å². The van der Waals surface area contributed by atoms with E-state index >= 15 is 0 Å². The Morgan fingerprint density at radius 1 is 0.319 bits per heavy atom. The normalized spacial score (nSPS) is 11.1. The van der Waals surface area contributed by atoms with Gasteiger partial charge < -0.3 is 10.0 Å². The van der Waals surface area contributed by atoms with E-state index < -0.39 is 7.12 Å². The SMILES string of the molecule is Cc1ccc(-c2ccc(-c3ccc(-c4nc(-c5cccc6ccccc56)nc5ccccc45)c4ccccc34)cc2)cc1.N#Cc1ccc(-c2ccc(-c3ccc(-c4nc(Cl)nc5ccccc45)c4ccccc34)cc2)cc1.OB(O)c1cccc2ccccc12. The third-order valence-electron chi connectivity index (χ3n) is 16.8. The second-order valence-corrected chi connectivity index (χ2v) is 22.7. The number of para-hydroxylation sites is 2. The van der Waals surface area contributed by atoms with Gasteiger partial charge in [0, 0.05) is 27.5 Å². The number of nitrogens with zero attached hydrogens (tertiary/aromatic N) is 5. The summed E-state index contributed by atoms with van der Waals surface area (Å²) in [6.07, 6.45) is 0. The molecule has 0 saturated heterocycles. The molecule has 9 heteroatoms. The molecule has 91 heavy (non-hydrogen) atoms. The monoisotopic (exact) mass is 1190 g/mol. The van der Waals surface area contributed by atoms with E-state index in [1.165, 1.54) is 44.0 Å². The Balaban J connectivity index is 0.000000134. The fourth-order valence-corrected chi connectivity index (χ4v) is 12.4. The van der Waals surface area contributed by atoms with E-state index in [2.05, 4.69) is 229 Å². The highest BCUT2D eigenvalue weighted by Gasteiger charge is 2.19. The highest BCUT2D eigenvalue weighted by Crippen LogP contribution is 2.41. The molecule has 430 valence electrons. The van der Waals surface area contributed by atoms with Crippen LogP contribution in [0.4, 0.5) is 0 Å². The third kappa shape index (κ3) is 11.7. The summed E-state index contributed by atoms with van der Waals surface area (Å²) in [5, 5.41) is 38.3. The van der Waals surface area contributed by atoms with Crippen LogP contribution in [-0.2, 0) is 0 Å². The van der Waals surface area contributed by atoms with Crippen LogP contribution in [0.2, 0.25) is 5.28 Å². The number of hydrogen-bond acceptors (Lipinski definition) is 7. The van der Waals surface area contributed by atoms with Crippen LogP contribution in [0, 0.1) is 18.3 Å². The summed E-state index contributed by atoms with van der Waals surface area (Å²) in [7, 11) is -1.40. The lowest BCUT2D eigenvalue weighted by Crippen LogP contribution is -2.30. The number of benzene rings is 14. The number of aromatic nitrogens is 4. The number of hydrogen-bond donors (Lipinski definition) is 2. The van der Waals surface area contributed by atoms with Gasteiger partial charge in [0.15, 0.2) is 5.82 Å². The molecular formula is C82H55BClN5O2. The van der Waals surface area contributed by atoms with E-state index in [9.17, 15) is 0 Å². The standard InChI is InChI=1S/C41H28N2.C31H18ClN3.C10H9BO2/c1-27-17-19-28(20-18-27)29-21-23-31(24-22-29)33-25-26-36(35-13-5-4-12-34(33)35)40-38-14-6-7-16-39(38)42-41(43-40)37-15-8-10-30-9-2-3-11-32(30)37;32-31-34-29-8-4-3-7-28(29)30(35-31)27-18-17-24(25-5-1-2-6-26(25)27)23-15-13-22(14-16-23)21-11-9-20(19-33)10-12-21;12-11(13)10-7-3-5-8-4-1-2-6-9(8)10/h2-26H,1H3;1-18H;1-7,12-13H. The average Bonchev–Trinajstić information content (AvgIpc) is 0.909. The number of rotatable bonds is 8. The average molecular weight is 1190 g/mol. The van der Waals surface area contributed by atoms with Crippen LogP contribution in [0.15, 0.2) is 303 Å². The first kappa shape index (κ1) is 57.3. The van der Waals surface area contributed by atoms with Gasteiger partial charge in [-0.05, 0) is 136 Å². The maximum Gasteiger partial charge on any atom is 0.489 e. The van der Waals surface area contributed by atoms with Gasteiger partial charge in [-0.2, -0.15) is 5.26 Å². The Hall–Kier alpha value is -11.4. The fraction of sp³-hybridized carbons (Fsp3) is 0.0122. The maximum absolute atomic E-state index is 9.08. The van der Waals surface area contributed by atoms with Crippen molar-refractivity contribution in [3.63, 3.8) is 0 Å². The Bertz CT molecular complexity index is 5410. The molecule has 0 amide bonds. The molecule has 0 spiro atoms. The Morgan fingerprint density at radius 2 is 0.692 bits per heavy atom. The Kier molecular flexibility index (Phi) is 16.0. The van der Waals surface area contributed by atoms with Crippen molar-refractivity contribution in [3.8, 4) is 84.5 Å². The van der Waals surface area contributed by atoms with Crippen LogP contribution in [0.5, 0.6) is 0 Å². The molecule has 2 N–H and O–H groups in total. The molecular weight excluding hydrogens is 1130 g/mol. The van der Waals surface area contributed by atoms with Gasteiger partial charge in [0.2, 0.25) is 5.28 Å². The first-order valence-corrected chi connectivity index (χ1v) is 30.4. The smallest absolute Gasteiger partial charge is 0.423 e. The van der Waals surface area contributed by atoms with Gasteiger partial charge in [0.05, 0.1) is 34.1 Å². The summed E-state index contributed by atoms with van der Waals surface area (Å²) in [4.78, 5) is 19.3. The lowest BCUT2D eigenvalue weighted by atomic mass is 9.77. The van der Waals surface area contributed by atoms with Gasteiger partial charge in [-0.25, -0.2) is 19.9 Å². The summed E-state index contributed by atoms with van der Waals surface area (Å²) in [6, 6.07) is 106. The molecule has 16 rings (SSSR count). The molecule has 0 radical (unpaired) electrons. The number of aryl methyl sites for hydroxylation is 1. The topological polar surface area (TPSA) is 116 Å². The summed E-state index contributed by atoms with van der Waals surface area (Å²) in [5.41, 5.74) is 18.6. The van der Waals surface area contributed by atoms with Crippen LogP contribution < -0.4 is 5.46 Å². The molecule has 0 saturated carbocycles. The second-order valence-electron chi connectivity index (χ2n) is 22.4. The van der Waals surface area contributed by atoms with Gasteiger partial charge in [-0.1, -0.05) is 285 Å². The van der Waals surface area contributed by atoms with Crippen molar-refractivity contribution in [1.82, 2.24) is 19.9 Å². The molecule has 0 aliphatic heterocycles. The van der Waals surface area contributed by atoms with Gasteiger partial charge in [0.25, 0.3) is 0 Å². The quantitative estimate of drug-likeness (QED) is 0.115. The van der Waals surface area contributed by atoms with E-state index in [1.807, 2.05) is 91.0 Å². The zero-order chi connectivity index (χ0) is 61.8. The highest BCUT2D eigenvalue weighted by molar-refractivity contribution is 6.62. The van der Waals surface area contributed by atoms with Gasteiger partial charge in [0.1, 0.15) is 0 Å². The van der Waals surface area contributed by atoms with Crippen LogP contribution in [0.1, 0.15) is 11.1 Å². The molecule has 7 nitrogen and oxygen atoms in total. The highest BCUT2D eigenvalue weighted by atomic mass is 35.5. The van der Waals surface area contributed by atoms with Crippen LogP contribution >= 0.6 is 11.6 Å². The first-order chi connectivity index (χ1) is 44.7. The molecule has 0 aliphatic rings. The summed E-state index contributed by atoms with van der Waals surface area (Å²) < 4.78 is 0. The zero-order valence-electron chi connectivity index (χ0n) is 49.5. The number of fused-ring (bicyclic) bond motifs is 6. The van der Waals surface area contributed by atoms with Crippen molar-refractivity contribution >= 4 is 89.1 Å². The van der Waals surface area contributed by atoms with Gasteiger partial charge in [-0.15, -0.1) is 0 Å². The molecule has 0 fully saturated rings. The van der Waals surface area contributed by atoms with Crippen molar-refractivity contribution in [2.45, 2.75) is 6.92 Å². The van der Waals surface area contributed by atoms with Gasteiger partial charge >= 0.3 is 7.12 Å². The number of nitriles is 1. The molecule has 2 heterocycles. The molecule has 2 aromatic heterocycles. The third-order valence-corrected chi connectivity index (χ3v) is 17.0. The van der Waals surface area contributed by atoms with Crippen LogP contribution in [-0.4, -0.2) is 37.1 Å². The van der Waals surface area contributed by atoms with E-state index in [-0.39, 0.29) is 5.28 Å². The fourth-order valence-electron chi connectivity index (χ4n) is 12.2. The number of halogens is 1. The molecule has 0 bridgehead atoms. The molecule has 0 unspecified atom stereocenters. The summed E-state index contributed by atoms with van der Waals surface area (Å²) in [6.45, 7) is 2.12. The summed E-state index contributed by atoms with van der Waals surface area (Å²) >= 11 is 6.30. The second kappa shape index (κ2) is 25.3. The van der Waals surface area contributed by atoms with Gasteiger partial charge in [-0.3, -0.25) is 0 Å². The zero-order valence-corrected chi connectivity index (χ0v) is 50.2. The lowest BCUT2D eigenvalue weighted by Gasteiger charge is -2.15. The molecule has 0 aliphatic carbocycles. The Labute approximate surface area is 532 Å². The molecule has 14 aromatic carbocycles. The summed E-state index contributed by atoms with van der Waals surface area (Å²) in [5.74, 6) is 0.741. The van der Waals surface area contributed by atoms with Crippen molar-refractivity contribution in [3.05, 3.63) is 320 Å². The van der Waals surface area contributed by atoms with E-state index in [0.717, 1.165) is 105 Å². The van der Waals surface area contributed by atoms with E-state index in [1.54, 1.807) is 6.07 Å². The largest absolute Gasteiger partial charge is 0.489 e. The minimum atomic E-state index is -1.40. The maximum atomic E-state index is 9.08. The van der Waals surface area contributed by atoms with E-state index in [4.69, 9.17) is 36.9 Å². The lowest BCUT2D eigenvalue weighted by molar-refractivity contribution is 0.426. The van der Waals surface area contributed by atoms with Crippen LogP contribution in [0.25, 0.3) is 143 Å². The minimum Gasteiger partial charge on any atom is -0.423 e. The van der Waals surface area contributed by atoms with E-state index in [0.29, 0.717) is 11.0 Å². The molecule has 0 atom stereocenters. The molecule has 16 aromatic rings.